The number of amides is 2. The highest BCUT2D eigenvalue weighted by molar-refractivity contribution is 7.20. The predicted molar refractivity (Wildman–Crippen MR) is 73.8 cm³/mol. The summed E-state index contributed by atoms with van der Waals surface area (Å²) >= 11 is 0.958. The fourth-order valence-electron chi connectivity index (χ4n) is 1.91. The van der Waals surface area contributed by atoms with Gasteiger partial charge in [0.25, 0.3) is 11.5 Å². The Balaban J connectivity index is 2.71. The smallest absolute Gasteiger partial charge is 0.329 e. The maximum atomic E-state index is 12.3. The molecule has 0 bridgehead atoms. The number of nitrogens with one attached hydrogen (secondary N) is 1. The molecule has 0 aliphatic carbocycles. The van der Waals surface area contributed by atoms with E-state index in [1.807, 2.05) is 0 Å². The third kappa shape index (κ3) is 2.23. The van der Waals surface area contributed by atoms with Crippen LogP contribution in [0.15, 0.2) is 9.59 Å². The molecule has 5 N–H and O–H groups in total. The van der Waals surface area contributed by atoms with Crippen LogP contribution in [0.25, 0.3) is 10.2 Å². The Hall–Kier alpha value is -2.42. The molecule has 0 spiro atoms. The molecule has 0 unspecified atom stereocenters. The SMILES string of the molecule is Cc1c(C(N)=O)sc2[nH]c(=O)n(CCC(N)=O)c(=O)c12. The van der Waals surface area contributed by atoms with Gasteiger partial charge in [0.1, 0.15) is 4.83 Å². The first-order chi connectivity index (χ1) is 9.32. The van der Waals surface area contributed by atoms with Crippen molar-refractivity contribution < 1.29 is 9.59 Å². The molecule has 2 aromatic heterocycles. The monoisotopic (exact) mass is 296 g/mol. The summed E-state index contributed by atoms with van der Waals surface area (Å²) in [5, 5.41) is 0.230. The van der Waals surface area contributed by atoms with E-state index in [0.717, 1.165) is 15.9 Å². The molecule has 0 atom stereocenters. The van der Waals surface area contributed by atoms with Gasteiger partial charge in [-0.3, -0.25) is 23.9 Å². The summed E-state index contributed by atoms with van der Waals surface area (Å²) in [5.74, 6) is -1.27. The van der Waals surface area contributed by atoms with Crippen LogP contribution in [0.5, 0.6) is 0 Å². The van der Waals surface area contributed by atoms with E-state index in [-0.39, 0.29) is 23.2 Å². The van der Waals surface area contributed by atoms with Gasteiger partial charge in [0.15, 0.2) is 0 Å². The number of hydrogen-bond donors (Lipinski definition) is 3. The van der Waals surface area contributed by atoms with Gasteiger partial charge in [-0.15, -0.1) is 11.3 Å². The number of H-pyrrole nitrogens is 1. The van der Waals surface area contributed by atoms with Crippen LogP contribution < -0.4 is 22.7 Å². The van der Waals surface area contributed by atoms with Gasteiger partial charge < -0.3 is 11.5 Å². The lowest BCUT2D eigenvalue weighted by Crippen LogP contribution is -2.36. The Labute approximate surface area is 116 Å². The molecule has 0 aliphatic rings. The molecule has 0 aromatic carbocycles. The minimum absolute atomic E-state index is 0.110. The van der Waals surface area contributed by atoms with Crippen LogP contribution in [0, 0.1) is 6.92 Å². The van der Waals surface area contributed by atoms with Crippen molar-refractivity contribution in [1.29, 1.82) is 0 Å². The molecule has 2 aromatic rings. The minimum Gasteiger partial charge on any atom is -0.370 e. The first-order valence-electron chi connectivity index (χ1n) is 5.67. The average Bonchev–Trinajstić information content (AvgIpc) is 2.65. The quantitative estimate of drug-likeness (QED) is 0.667. The number of rotatable bonds is 4. The minimum atomic E-state index is -0.660. The first kappa shape index (κ1) is 14.0. The average molecular weight is 296 g/mol. The Morgan fingerprint density at radius 2 is 1.95 bits per heavy atom. The largest absolute Gasteiger partial charge is 0.370 e. The number of nitrogens with zero attached hydrogens (tertiary/aromatic N) is 1. The van der Waals surface area contributed by atoms with Crippen LogP contribution in [0.3, 0.4) is 0 Å². The third-order valence-corrected chi connectivity index (χ3v) is 4.10. The molecule has 20 heavy (non-hydrogen) atoms. The second-order valence-electron chi connectivity index (χ2n) is 4.23. The molecule has 2 heterocycles. The van der Waals surface area contributed by atoms with E-state index in [2.05, 4.69) is 4.98 Å². The number of carbonyl (C=O) groups excluding carboxylic acids is 2. The van der Waals surface area contributed by atoms with Crippen molar-refractivity contribution in [2.24, 2.45) is 11.5 Å². The second kappa shape index (κ2) is 4.93. The van der Waals surface area contributed by atoms with E-state index >= 15 is 0 Å². The van der Waals surface area contributed by atoms with Crippen LogP contribution in [-0.4, -0.2) is 21.4 Å². The Morgan fingerprint density at radius 1 is 1.30 bits per heavy atom. The number of nitrogens with two attached hydrogens (primary N) is 2. The highest BCUT2D eigenvalue weighted by Gasteiger charge is 2.18. The Bertz CT molecular complexity index is 829. The van der Waals surface area contributed by atoms with Crippen LogP contribution in [0.2, 0.25) is 0 Å². The molecule has 0 radical (unpaired) electrons. The number of thiophene rings is 1. The lowest BCUT2D eigenvalue weighted by molar-refractivity contribution is -0.118. The number of aromatic amines is 1. The summed E-state index contributed by atoms with van der Waals surface area (Å²) in [6.07, 6.45) is -0.125. The fourth-order valence-corrected chi connectivity index (χ4v) is 2.95. The molecular weight excluding hydrogens is 284 g/mol. The van der Waals surface area contributed by atoms with E-state index in [0.29, 0.717) is 10.4 Å². The van der Waals surface area contributed by atoms with Crippen molar-refractivity contribution in [1.82, 2.24) is 9.55 Å². The highest BCUT2D eigenvalue weighted by Crippen LogP contribution is 2.25. The molecule has 2 rings (SSSR count). The summed E-state index contributed by atoms with van der Waals surface area (Å²) in [6, 6.07) is 0. The van der Waals surface area contributed by atoms with Crippen LogP contribution >= 0.6 is 11.3 Å². The van der Waals surface area contributed by atoms with Crippen LogP contribution in [0.1, 0.15) is 21.7 Å². The number of aryl methyl sites for hydroxylation is 1. The molecule has 0 aliphatic heterocycles. The summed E-state index contributed by atoms with van der Waals surface area (Å²) in [4.78, 5) is 49.1. The number of carbonyl (C=O) groups is 2. The van der Waals surface area contributed by atoms with Gasteiger partial charge in [0.05, 0.1) is 10.3 Å². The number of fused-ring (bicyclic) bond motifs is 1. The van der Waals surface area contributed by atoms with E-state index in [1.165, 1.54) is 0 Å². The molecule has 0 saturated carbocycles. The van der Waals surface area contributed by atoms with Crippen molar-refractivity contribution in [3.8, 4) is 0 Å². The molecular formula is C11H12N4O4S. The van der Waals surface area contributed by atoms with Gasteiger partial charge in [-0.05, 0) is 12.5 Å². The van der Waals surface area contributed by atoms with Crippen molar-refractivity contribution in [3.05, 3.63) is 31.3 Å². The molecule has 0 fully saturated rings. The van der Waals surface area contributed by atoms with E-state index in [9.17, 15) is 19.2 Å². The number of primary amides is 2. The summed E-state index contributed by atoms with van der Waals surface area (Å²) < 4.78 is 0.886. The molecule has 106 valence electrons. The van der Waals surface area contributed by atoms with Crippen LogP contribution in [-0.2, 0) is 11.3 Å². The van der Waals surface area contributed by atoms with Crippen molar-refractivity contribution in [3.63, 3.8) is 0 Å². The zero-order valence-electron chi connectivity index (χ0n) is 10.6. The highest BCUT2D eigenvalue weighted by atomic mass is 32.1. The van der Waals surface area contributed by atoms with Crippen molar-refractivity contribution in [2.45, 2.75) is 19.9 Å². The summed E-state index contributed by atoms with van der Waals surface area (Å²) in [6.45, 7) is 1.47. The molecule has 9 heteroatoms. The zero-order valence-corrected chi connectivity index (χ0v) is 11.4. The zero-order chi connectivity index (χ0) is 15.0. The van der Waals surface area contributed by atoms with E-state index in [1.54, 1.807) is 6.92 Å². The Morgan fingerprint density at radius 3 is 2.50 bits per heavy atom. The third-order valence-electron chi connectivity index (χ3n) is 2.88. The summed E-state index contributed by atoms with van der Waals surface area (Å²) in [7, 11) is 0. The van der Waals surface area contributed by atoms with Gasteiger partial charge in [0.2, 0.25) is 5.91 Å². The van der Waals surface area contributed by atoms with E-state index < -0.39 is 23.1 Å². The van der Waals surface area contributed by atoms with Crippen LogP contribution in [0.4, 0.5) is 0 Å². The van der Waals surface area contributed by atoms with Gasteiger partial charge in [-0.2, -0.15) is 0 Å². The standard InChI is InChI=1S/C11H12N4O4S/c1-4-6-9(20-7(4)8(13)17)14-11(19)15(10(6)18)3-2-5(12)16/h2-3H2,1H3,(H2,12,16)(H2,13,17)(H,14,19). The van der Waals surface area contributed by atoms with Gasteiger partial charge in [-0.1, -0.05) is 0 Å². The normalized spacial score (nSPS) is 10.8. The maximum Gasteiger partial charge on any atom is 0.329 e. The van der Waals surface area contributed by atoms with E-state index in [4.69, 9.17) is 11.5 Å². The number of aromatic nitrogens is 2. The molecule has 8 nitrogen and oxygen atoms in total. The number of hydrogen-bond acceptors (Lipinski definition) is 5. The van der Waals surface area contributed by atoms with Gasteiger partial charge in [0, 0.05) is 13.0 Å². The lowest BCUT2D eigenvalue weighted by atomic mass is 10.2. The van der Waals surface area contributed by atoms with Gasteiger partial charge >= 0.3 is 5.69 Å². The first-order valence-corrected chi connectivity index (χ1v) is 6.49. The van der Waals surface area contributed by atoms with Gasteiger partial charge in [-0.25, -0.2) is 4.79 Å². The van der Waals surface area contributed by atoms with Crippen molar-refractivity contribution >= 4 is 33.4 Å². The summed E-state index contributed by atoms with van der Waals surface area (Å²) in [5.41, 5.74) is 9.42. The molecule has 2 amide bonds. The lowest BCUT2D eigenvalue weighted by Gasteiger charge is -2.03. The maximum absolute atomic E-state index is 12.3. The second-order valence-corrected chi connectivity index (χ2v) is 5.25. The Kier molecular flexibility index (Phi) is 3.45. The molecule has 0 saturated heterocycles. The fraction of sp³-hybridized carbons (Fsp3) is 0.273. The topological polar surface area (TPSA) is 141 Å². The predicted octanol–water partition coefficient (Wildman–Crippen LogP) is -0.966. The van der Waals surface area contributed by atoms with Crippen molar-refractivity contribution in [2.75, 3.05) is 0 Å².